The molecule has 0 amide bonds. The van der Waals surface area contributed by atoms with E-state index in [-0.39, 0.29) is 8.41 Å². The van der Waals surface area contributed by atoms with Crippen molar-refractivity contribution < 1.29 is 0 Å². The maximum Gasteiger partial charge on any atom is 0.0236 e. The van der Waals surface area contributed by atoms with Gasteiger partial charge in [-0.05, 0) is 37.5 Å². The molecule has 18 heavy (non-hydrogen) atoms. The molecule has 0 aromatic heterocycles. The molecule has 0 saturated heterocycles. The zero-order valence-corrected chi connectivity index (χ0v) is 12.4. The van der Waals surface area contributed by atoms with Crippen molar-refractivity contribution in [3.8, 4) is 0 Å². The lowest BCUT2D eigenvalue weighted by atomic mass is 9.97. The van der Waals surface area contributed by atoms with E-state index in [4.69, 9.17) is 0 Å². The first-order chi connectivity index (χ1) is 8.08. The van der Waals surface area contributed by atoms with E-state index in [0.717, 1.165) is 0 Å². The Labute approximate surface area is 115 Å². The predicted molar refractivity (Wildman–Crippen MR) is 84.4 cm³/mol. The Bertz CT molecular complexity index is 514. The summed E-state index contributed by atoms with van der Waals surface area (Å²) in [5.74, 6) is 0. The molecule has 0 saturated carbocycles. The number of hydrogen-bond acceptors (Lipinski definition) is 0. The van der Waals surface area contributed by atoms with Gasteiger partial charge in [0.05, 0.1) is 0 Å². The summed E-state index contributed by atoms with van der Waals surface area (Å²) < 4.78 is 0. The highest BCUT2D eigenvalue weighted by Gasteiger charge is 2.11. The number of benzene rings is 2. The van der Waals surface area contributed by atoms with Crippen LogP contribution in [0.4, 0.5) is 0 Å². The summed E-state index contributed by atoms with van der Waals surface area (Å²) in [5.41, 5.74) is 7.17. The fourth-order valence-electron chi connectivity index (χ4n) is 2.30. The van der Waals surface area contributed by atoms with Gasteiger partial charge in [-0.1, -0.05) is 53.6 Å². The Balaban J connectivity index is 0.00000162. The van der Waals surface area contributed by atoms with Crippen LogP contribution in [0.5, 0.6) is 0 Å². The third-order valence-electron chi connectivity index (χ3n) is 3.13. The Morgan fingerprint density at radius 3 is 2.00 bits per heavy atom. The maximum absolute atomic E-state index is 2.97. The average molecular weight is 253 g/mol. The predicted octanol–water partition coefficient (Wildman–Crippen LogP) is 4.20. The van der Waals surface area contributed by atoms with Crippen LogP contribution in [0.25, 0.3) is 0 Å². The van der Waals surface area contributed by atoms with Crippen molar-refractivity contribution in [2.24, 2.45) is 0 Å². The van der Waals surface area contributed by atoms with Crippen LogP contribution < -0.4 is 0 Å². The van der Waals surface area contributed by atoms with Crippen LogP contribution in [-0.2, 0) is 0 Å². The molecule has 0 heterocycles. The van der Waals surface area contributed by atoms with E-state index in [1.807, 2.05) is 0 Å². The van der Waals surface area contributed by atoms with Gasteiger partial charge in [0.15, 0.2) is 0 Å². The number of hydrogen-bond donors (Lipinski definition) is 0. The molecule has 2 heteroatoms. The van der Waals surface area contributed by atoms with Crippen molar-refractivity contribution in [3.63, 3.8) is 0 Å². The Hall–Kier alpha value is -1.07. The molecule has 0 N–H and O–H groups in total. The summed E-state index contributed by atoms with van der Waals surface area (Å²) in [6, 6.07) is 15.4. The Kier molecular flexibility index (Phi) is 5.17. The van der Waals surface area contributed by atoms with Gasteiger partial charge in [-0.2, -0.15) is 0 Å². The van der Waals surface area contributed by atoms with Gasteiger partial charge in [0.1, 0.15) is 0 Å². The summed E-state index contributed by atoms with van der Waals surface area (Å²) in [6.45, 7) is 6.49. The van der Waals surface area contributed by atoms with Crippen molar-refractivity contribution in [3.05, 3.63) is 70.3 Å². The van der Waals surface area contributed by atoms with Gasteiger partial charge in [0.25, 0.3) is 0 Å². The van der Waals surface area contributed by atoms with E-state index >= 15 is 0 Å². The van der Waals surface area contributed by atoms with E-state index in [1.165, 1.54) is 27.8 Å². The first-order valence-corrected chi connectivity index (χ1v) is 6.64. The molecule has 0 spiro atoms. The molecule has 0 aliphatic heterocycles. The van der Waals surface area contributed by atoms with Crippen LogP contribution >= 0.6 is 9.24 Å². The van der Waals surface area contributed by atoms with Crippen LogP contribution in [0.1, 0.15) is 33.5 Å². The fourth-order valence-corrected chi connectivity index (χ4v) is 2.87. The van der Waals surface area contributed by atoms with E-state index in [1.54, 1.807) is 0 Å². The largest absolute Gasteiger partial charge is 0.125 e. The zero-order chi connectivity index (χ0) is 12.4. The lowest BCUT2D eigenvalue weighted by Gasteiger charge is -2.16. The quantitative estimate of drug-likeness (QED) is 0.556. The van der Waals surface area contributed by atoms with Crippen molar-refractivity contribution in [1.82, 2.24) is 0 Å². The highest BCUT2D eigenvalue weighted by atomic mass is 31.0. The first kappa shape index (κ1) is 15.0. The highest BCUT2D eigenvalue weighted by molar-refractivity contribution is 7.17. The third kappa shape index (κ3) is 3.24. The standard InChI is InChI=1S/C16H19P.B/c1-11-8-12(2)10-14(9-11)16(17)15-7-5-4-6-13(15)3;/h4-10,16H,17H2,1-3H3;. The molecule has 0 fully saturated rings. The molecule has 2 aromatic rings. The lowest BCUT2D eigenvalue weighted by Crippen LogP contribution is -1.96. The molecule has 0 aliphatic rings. The lowest BCUT2D eigenvalue weighted by molar-refractivity contribution is 1.11. The summed E-state index contributed by atoms with van der Waals surface area (Å²) in [7, 11) is 2.97. The minimum absolute atomic E-state index is 0. The molecule has 2 aromatic carbocycles. The molecule has 3 radical (unpaired) electrons. The van der Waals surface area contributed by atoms with E-state index in [0.29, 0.717) is 5.66 Å². The van der Waals surface area contributed by atoms with Gasteiger partial charge in [-0.25, -0.2) is 0 Å². The minimum atomic E-state index is 0. The minimum Gasteiger partial charge on any atom is -0.125 e. The first-order valence-electron chi connectivity index (χ1n) is 5.97. The highest BCUT2D eigenvalue weighted by Crippen LogP contribution is 2.33. The van der Waals surface area contributed by atoms with E-state index < -0.39 is 0 Å². The maximum atomic E-state index is 2.97. The van der Waals surface area contributed by atoms with Crippen LogP contribution in [-0.4, -0.2) is 8.41 Å². The normalized spacial score (nSPS) is 11.8. The second kappa shape index (κ2) is 6.20. The number of aryl methyl sites for hydroxylation is 3. The van der Waals surface area contributed by atoms with Gasteiger partial charge < -0.3 is 0 Å². The van der Waals surface area contributed by atoms with Crippen molar-refractivity contribution in [2.75, 3.05) is 0 Å². The molecule has 2 unspecified atom stereocenters. The zero-order valence-electron chi connectivity index (χ0n) is 11.3. The smallest absolute Gasteiger partial charge is 0.0236 e. The topological polar surface area (TPSA) is 0 Å². The second-order valence-corrected chi connectivity index (χ2v) is 5.42. The Morgan fingerprint density at radius 1 is 0.889 bits per heavy atom. The van der Waals surface area contributed by atoms with Crippen molar-refractivity contribution in [2.45, 2.75) is 26.4 Å². The molecule has 0 aliphatic carbocycles. The van der Waals surface area contributed by atoms with Gasteiger partial charge in [-0.3, -0.25) is 0 Å². The SMILES string of the molecule is Cc1cc(C)cc(C(P)c2ccccc2C)c1.[B]. The fraction of sp³-hybridized carbons (Fsp3) is 0.250. The van der Waals surface area contributed by atoms with Gasteiger partial charge >= 0.3 is 0 Å². The molecule has 0 bridgehead atoms. The average Bonchev–Trinajstić information content (AvgIpc) is 2.27. The van der Waals surface area contributed by atoms with Gasteiger partial charge in [0, 0.05) is 14.1 Å². The molecule has 2 atom stereocenters. The molecular weight excluding hydrogens is 234 g/mol. The monoisotopic (exact) mass is 253 g/mol. The Morgan fingerprint density at radius 2 is 1.44 bits per heavy atom. The van der Waals surface area contributed by atoms with Crippen LogP contribution in [0, 0.1) is 20.8 Å². The van der Waals surface area contributed by atoms with Crippen molar-refractivity contribution >= 4 is 17.7 Å². The van der Waals surface area contributed by atoms with Crippen LogP contribution in [0.15, 0.2) is 42.5 Å². The molecule has 0 nitrogen and oxygen atoms in total. The van der Waals surface area contributed by atoms with Crippen LogP contribution in [0.3, 0.4) is 0 Å². The summed E-state index contributed by atoms with van der Waals surface area (Å²) in [6.07, 6.45) is 0. The van der Waals surface area contributed by atoms with Gasteiger partial charge in [0.2, 0.25) is 0 Å². The summed E-state index contributed by atoms with van der Waals surface area (Å²) >= 11 is 0. The summed E-state index contributed by atoms with van der Waals surface area (Å²) in [5, 5.41) is 0. The molecule has 2 rings (SSSR count). The van der Waals surface area contributed by atoms with Crippen molar-refractivity contribution in [1.29, 1.82) is 0 Å². The van der Waals surface area contributed by atoms with E-state index in [2.05, 4.69) is 72.5 Å². The molecule has 91 valence electrons. The second-order valence-electron chi connectivity index (χ2n) is 4.76. The summed E-state index contributed by atoms with van der Waals surface area (Å²) in [4.78, 5) is 0. The third-order valence-corrected chi connectivity index (χ3v) is 3.87. The van der Waals surface area contributed by atoms with Crippen LogP contribution in [0.2, 0.25) is 0 Å². The number of rotatable bonds is 2. The van der Waals surface area contributed by atoms with Gasteiger partial charge in [-0.15, -0.1) is 9.24 Å². The van der Waals surface area contributed by atoms with E-state index in [9.17, 15) is 0 Å². The molecular formula is C16H19BP.